The summed E-state index contributed by atoms with van der Waals surface area (Å²) in [6.07, 6.45) is -0.0524. The molecule has 4 rings (SSSR count). The molecule has 0 unspecified atom stereocenters. The van der Waals surface area contributed by atoms with Gasteiger partial charge in [0.15, 0.2) is 0 Å². The van der Waals surface area contributed by atoms with E-state index in [2.05, 4.69) is 44.8 Å². The SMILES string of the molecule is CCn1c2ccccc2c2cc(NC(=O)CC(C)=NNC(=O)C(=O)Nc3ccccc3OC)ccc21. The average Bonchev–Trinajstić information content (AvgIpc) is 3.20. The molecule has 0 bridgehead atoms. The van der Waals surface area contributed by atoms with E-state index in [1.807, 2.05) is 30.3 Å². The number of nitrogens with one attached hydrogen (secondary N) is 3. The Kier molecular flexibility index (Phi) is 7.29. The molecule has 0 saturated heterocycles. The van der Waals surface area contributed by atoms with Crippen molar-refractivity contribution in [1.82, 2.24) is 9.99 Å². The molecule has 0 aliphatic carbocycles. The molecule has 0 spiro atoms. The van der Waals surface area contributed by atoms with Crippen LogP contribution in [0.5, 0.6) is 5.75 Å². The number of rotatable bonds is 7. The molecule has 0 aliphatic rings. The molecule has 0 atom stereocenters. The number of hydrogen-bond donors (Lipinski definition) is 3. The third-order valence-electron chi connectivity index (χ3n) is 5.70. The number of hydrazone groups is 1. The van der Waals surface area contributed by atoms with Gasteiger partial charge in [-0.05, 0) is 50.2 Å². The second-order valence-corrected chi connectivity index (χ2v) is 8.16. The van der Waals surface area contributed by atoms with Crippen LogP contribution in [0.4, 0.5) is 11.4 Å². The van der Waals surface area contributed by atoms with E-state index in [9.17, 15) is 14.4 Å². The molecule has 0 fully saturated rings. The number of ether oxygens (including phenoxy) is 1. The van der Waals surface area contributed by atoms with Crippen molar-refractivity contribution in [2.45, 2.75) is 26.8 Å². The molecular formula is C27H27N5O4. The first-order valence-electron chi connectivity index (χ1n) is 11.5. The standard InChI is InChI=1S/C27H27N5O4/c1-4-32-22-11-7-5-9-19(22)20-16-18(13-14-23(20)32)28-25(33)15-17(2)30-31-27(35)26(34)29-21-10-6-8-12-24(21)36-3/h5-14,16H,4,15H2,1-3H3,(H,28,33)(H,29,34)(H,31,35). The third-order valence-corrected chi connectivity index (χ3v) is 5.70. The zero-order valence-corrected chi connectivity index (χ0v) is 20.3. The maximum absolute atomic E-state index is 12.6. The van der Waals surface area contributed by atoms with Gasteiger partial charge in [0, 0.05) is 39.7 Å². The van der Waals surface area contributed by atoms with Crippen molar-refractivity contribution in [2.24, 2.45) is 5.10 Å². The summed E-state index contributed by atoms with van der Waals surface area (Å²) in [6, 6.07) is 20.7. The van der Waals surface area contributed by atoms with E-state index in [0.29, 0.717) is 22.8 Å². The molecule has 4 aromatic rings. The minimum atomic E-state index is -0.960. The third kappa shape index (κ3) is 5.20. The summed E-state index contributed by atoms with van der Waals surface area (Å²) in [4.78, 5) is 36.8. The molecule has 0 saturated carbocycles. The van der Waals surface area contributed by atoms with E-state index in [0.717, 1.165) is 28.4 Å². The number of anilines is 2. The van der Waals surface area contributed by atoms with Gasteiger partial charge in [-0.2, -0.15) is 5.10 Å². The van der Waals surface area contributed by atoms with Gasteiger partial charge in [-0.1, -0.05) is 30.3 Å². The Bertz CT molecular complexity index is 1490. The van der Waals surface area contributed by atoms with Gasteiger partial charge in [0.1, 0.15) is 5.75 Å². The van der Waals surface area contributed by atoms with E-state index in [1.165, 1.54) is 7.11 Å². The van der Waals surface area contributed by atoms with Crippen LogP contribution in [0.3, 0.4) is 0 Å². The molecule has 9 heteroatoms. The predicted octanol–water partition coefficient (Wildman–Crippen LogP) is 4.28. The monoisotopic (exact) mass is 485 g/mol. The Morgan fingerprint density at radius 1 is 0.889 bits per heavy atom. The number of carbonyl (C=O) groups excluding carboxylic acids is 3. The van der Waals surface area contributed by atoms with E-state index in [1.54, 1.807) is 31.2 Å². The van der Waals surface area contributed by atoms with Gasteiger partial charge >= 0.3 is 11.8 Å². The summed E-state index contributed by atoms with van der Waals surface area (Å²) < 4.78 is 7.38. The summed E-state index contributed by atoms with van der Waals surface area (Å²) in [7, 11) is 1.46. The van der Waals surface area contributed by atoms with Gasteiger partial charge in [-0.15, -0.1) is 0 Å². The van der Waals surface area contributed by atoms with E-state index in [4.69, 9.17) is 4.74 Å². The zero-order valence-electron chi connectivity index (χ0n) is 20.3. The van der Waals surface area contributed by atoms with Crippen LogP contribution < -0.4 is 20.8 Å². The molecule has 9 nitrogen and oxygen atoms in total. The van der Waals surface area contributed by atoms with Crippen LogP contribution in [0.1, 0.15) is 20.3 Å². The first kappa shape index (κ1) is 24.5. The Balaban J connectivity index is 1.37. The molecule has 184 valence electrons. The number of amides is 3. The van der Waals surface area contributed by atoms with Gasteiger partial charge in [0.2, 0.25) is 5.91 Å². The second kappa shape index (κ2) is 10.7. The minimum Gasteiger partial charge on any atom is -0.495 e. The highest BCUT2D eigenvalue weighted by molar-refractivity contribution is 6.39. The average molecular weight is 486 g/mol. The summed E-state index contributed by atoms with van der Waals surface area (Å²) in [5.41, 5.74) is 5.79. The van der Waals surface area contributed by atoms with Crippen molar-refractivity contribution in [3.8, 4) is 5.75 Å². The van der Waals surface area contributed by atoms with Gasteiger partial charge in [-0.25, -0.2) is 5.43 Å². The molecule has 0 radical (unpaired) electrons. The molecule has 1 aromatic heterocycles. The zero-order chi connectivity index (χ0) is 25.7. The molecule has 3 aromatic carbocycles. The van der Waals surface area contributed by atoms with Crippen molar-refractivity contribution in [3.05, 3.63) is 66.7 Å². The van der Waals surface area contributed by atoms with Gasteiger partial charge in [0.05, 0.1) is 19.2 Å². The number of nitrogens with zero attached hydrogens (tertiary/aromatic N) is 2. The summed E-state index contributed by atoms with van der Waals surface area (Å²) in [5, 5.41) is 11.4. The Hall–Kier alpha value is -4.66. The molecule has 0 aliphatic heterocycles. The first-order valence-corrected chi connectivity index (χ1v) is 11.5. The molecule has 3 N–H and O–H groups in total. The number of aryl methyl sites for hydroxylation is 1. The van der Waals surface area contributed by atoms with E-state index >= 15 is 0 Å². The normalized spacial score (nSPS) is 11.4. The first-order chi connectivity index (χ1) is 17.4. The fourth-order valence-corrected chi connectivity index (χ4v) is 4.07. The largest absolute Gasteiger partial charge is 0.495 e. The number of benzene rings is 3. The fourth-order valence-electron chi connectivity index (χ4n) is 4.07. The smallest absolute Gasteiger partial charge is 0.329 e. The number of methoxy groups -OCH3 is 1. The van der Waals surface area contributed by atoms with Crippen LogP contribution in [-0.2, 0) is 20.9 Å². The Morgan fingerprint density at radius 3 is 2.39 bits per heavy atom. The van der Waals surface area contributed by atoms with Crippen LogP contribution in [0.15, 0.2) is 71.8 Å². The fraction of sp³-hybridized carbons (Fsp3) is 0.185. The van der Waals surface area contributed by atoms with Crippen LogP contribution in [0.2, 0.25) is 0 Å². The quantitative estimate of drug-likeness (QED) is 0.206. The number of carbonyl (C=O) groups is 3. The molecule has 36 heavy (non-hydrogen) atoms. The van der Waals surface area contributed by atoms with Crippen LogP contribution in [-0.4, -0.2) is 35.1 Å². The van der Waals surface area contributed by atoms with Crippen LogP contribution in [0.25, 0.3) is 21.8 Å². The van der Waals surface area contributed by atoms with Crippen molar-refractivity contribution in [1.29, 1.82) is 0 Å². The van der Waals surface area contributed by atoms with Crippen LogP contribution >= 0.6 is 0 Å². The second-order valence-electron chi connectivity index (χ2n) is 8.16. The Morgan fingerprint density at radius 2 is 1.61 bits per heavy atom. The van der Waals surface area contributed by atoms with Gasteiger partial charge in [0.25, 0.3) is 0 Å². The van der Waals surface area contributed by atoms with Crippen LogP contribution in [0, 0.1) is 0 Å². The summed E-state index contributed by atoms with van der Waals surface area (Å²) in [6.45, 7) is 4.54. The number of hydrogen-bond acceptors (Lipinski definition) is 5. The van der Waals surface area contributed by atoms with Gasteiger partial charge in [-0.3, -0.25) is 14.4 Å². The molecule has 1 heterocycles. The van der Waals surface area contributed by atoms with Gasteiger partial charge < -0.3 is 19.9 Å². The van der Waals surface area contributed by atoms with Crippen molar-refractivity contribution < 1.29 is 19.1 Å². The predicted molar refractivity (Wildman–Crippen MR) is 141 cm³/mol. The lowest BCUT2D eigenvalue weighted by molar-refractivity contribution is -0.136. The Labute approximate surface area is 208 Å². The molecule has 3 amide bonds. The maximum Gasteiger partial charge on any atom is 0.329 e. The topological polar surface area (TPSA) is 114 Å². The van der Waals surface area contributed by atoms with Crippen molar-refractivity contribution in [2.75, 3.05) is 17.7 Å². The number of fused-ring (bicyclic) bond motifs is 3. The number of aromatic nitrogens is 1. The maximum atomic E-state index is 12.6. The highest BCUT2D eigenvalue weighted by atomic mass is 16.5. The van der Waals surface area contributed by atoms with Crippen molar-refractivity contribution in [3.63, 3.8) is 0 Å². The highest BCUT2D eigenvalue weighted by Crippen LogP contribution is 2.31. The summed E-state index contributed by atoms with van der Waals surface area (Å²) >= 11 is 0. The lowest BCUT2D eigenvalue weighted by Crippen LogP contribution is -2.33. The lowest BCUT2D eigenvalue weighted by Gasteiger charge is -2.09. The van der Waals surface area contributed by atoms with Crippen molar-refractivity contribution >= 4 is 56.6 Å². The molecular weight excluding hydrogens is 458 g/mol. The summed E-state index contributed by atoms with van der Waals surface area (Å²) in [5.74, 6) is -1.73. The highest BCUT2D eigenvalue weighted by Gasteiger charge is 2.16. The minimum absolute atomic E-state index is 0.0524. The van der Waals surface area contributed by atoms with E-state index < -0.39 is 11.8 Å². The van der Waals surface area contributed by atoms with E-state index in [-0.39, 0.29) is 12.3 Å². The number of para-hydroxylation sites is 3. The lowest BCUT2D eigenvalue weighted by atomic mass is 10.1.